The van der Waals surface area contributed by atoms with Gasteiger partial charge in [0.25, 0.3) is 0 Å². The van der Waals surface area contributed by atoms with Crippen LogP contribution in [0.5, 0.6) is 0 Å². The molecule has 2 aromatic rings. The van der Waals surface area contributed by atoms with E-state index in [9.17, 15) is 9.59 Å². The summed E-state index contributed by atoms with van der Waals surface area (Å²) >= 11 is 0. The molecule has 1 aromatic heterocycles. The Morgan fingerprint density at radius 3 is 3.06 bits per heavy atom. The Morgan fingerprint density at radius 1 is 1.47 bits per heavy atom. The van der Waals surface area contributed by atoms with Gasteiger partial charge < -0.3 is 9.52 Å². The van der Waals surface area contributed by atoms with Gasteiger partial charge in [0.05, 0.1) is 5.52 Å². The zero-order chi connectivity index (χ0) is 12.3. The molecular weight excluding hydrogens is 222 g/mol. The summed E-state index contributed by atoms with van der Waals surface area (Å²) < 4.78 is 4.88. The molecule has 0 aliphatic rings. The van der Waals surface area contributed by atoms with E-state index in [2.05, 4.69) is 4.98 Å². The van der Waals surface area contributed by atoms with E-state index in [0.29, 0.717) is 23.9 Å². The maximum Gasteiger partial charge on any atom is 0.417 e. The van der Waals surface area contributed by atoms with Gasteiger partial charge in [-0.15, -0.1) is 0 Å². The average Bonchev–Trinajstić information content (AvgIpc) is 2.63. The van der Waals surface area contributed by atoms with E-state index in [1.165, 1.54) is 0 Å². The van der Waals surface area contributed by atoms with Crippen molar-refractivity contribution in [2.75, 3.05) is 0 Å². The number of aryl methyl sites for hydroxylation is 1. The lowest BCUT2D eigenvalue weighted by Gasteiger charge is -1.97. The molecule has 1 heterocycles. The third kappa shape index (κ3) is 2.84. The van der Waals surface area contributed by atoms with E-state index in [1.54, 1.807) is 12.1 Å². The van der Waals surface area contributed by atoms with Gasteiger partial charge in [-0.05, 0) is 30.5 Å². The van der Waals surface area contributed by atoms with E-state index in [4.69, 9.17) is 9.52 Å². The van der Waals surface area contributed by atoms with Crippen LogP contribution in [0.3, 0.4) is 0 Å². The van der Waals surface area contributed by atoms with Crippen molar-refractivity contribution in [1.29, 1.82) is 0 Å². The Hall–Kier alpha value is -2.30. The SMILES string of the molecule is O=C(O)/C=C/CCc1ccc2oc(=O)[nH]c2c1. The molecule has 0 aliphatic heterocycles. The molecule has 0 bridgehead atoms. The lowest BCUT2D eigenvalue weighted by atomic mass is 10.1. The summed E-state index contributed by atoms with van der Waals surface area (Å²) in [6, 6.07) is 5.41. The van der Waals surface area contributed by atoms with Gasteiger partial charge >= 0.3 is 11.7 Å². The quantitative estimate of drug-likeness (QED) is 0.787. The summed E-state index contributed by atoms with van der Waals surface area (Å²) in [4.78, 5) is 23.8. The van der Waals surface area contributed by atoms with Gasteiger partial charge in [0.1, 0.15) is 0 Å². The number of carboxylic acid groups (broad SMARTS) is 1. The maximum absolute atomic E-state index is 10.9. The first-order valence-corrected chi connectivity index (χ1v) is 5.16. The number of hydrogen-bond donors (Lipinski definition) is 2. The molecule has 0 unspecified atom stereocenters. The highest BCUT2D eigenvalue weighted by Gasteiger charge is 2.01. The number of hydrogen-bond acceptors (Lipinski definition) is 3. The van der Waals surface area contributed by atoms with E-state index in [0.717, 1.165) is 11.6 Å². The molecule has 88 valence electrons. The molecule has 2 N–H and O–H groups in total. The molecule has 0 saturated carbocycles. The molecule has 0 amide bonds. The predicted molar refractivity (Wildman–Crippen MR) is 61.9 cm³/mol. The first kappa shape index (κ1) is 11.2. The van der Waals surface area contributed by atoms with Crippen LogP contribution in [0, 0.1) is 0 Å². The Labute approximate surface area is 96.4 Å². The lowest BCUT2D eigenvalue weighted by molar-refractivity contribution is -0.131. The fraction of sp³-hybridized carbons (Fsp3) is 0.167. The average molecular weight is 233 g/mol. The van der Waals surface area contributed by atoms with Crippen LogP contribution < -0.4 is 5.76 Å². The molecule has 0 fully saturated rings. The Morgan fingerprint density at radius 2 is 2.29 bits per heavy atom. The molecule has 0 saturated heterocycles. The number of aromatic nitrogens is 1. The predicted octanol–water partition coefficient (Wildman–Crippen LogP) is 1.69. The third-order valence-corrected chi connectivity index (χ3v) is 2.34. The molecule has 0 radical (unpaired) electrons. The molecular formula is C12H11NO4. The van der Waals surface area contributed by atoms with E-state index < -0.39 is 11.7 Å². The van der Waals surface area contributed by atoms with Crippen LogP contribution in [0.4, 0.5) is 0 Å². The smallest absolute Gasteiger partial charge is 0.417 e. The standard InChI is InChI=1S/C12H11NO4/c14-11(15)4-2-1-3-8-5-6-10-9(7-8)13-12(16)17-10/h2,4-7H,1,3H2,(H,13,16)(H,14,15)/b4-2+. The van der Waals surface area contributed by atoms with Crippen molar-refractivity contribution in [3.8, 4) is 0 Å². The van der Waals surface area contributed by atoms with Crippen LogP contribution >= 0.6 is 0 Å². The van der Waals surface area contributed by atoms with Crippen LogP contribution in [0.2, 0.25) is 0 Å². The highest BCUT2D eigenvalue weighted by atomic mass is 16.4. The Kier molecular flexibility index (Phi) is 3.09. The zero-order valence-corrected chi connectivity index (χ0v) is 8.97. The number of H-pyrrole nitrogens is 1. The van der Waals surface area contributed by atoms with Crippen molar-refractivity contribution >= 4 is 17.1 Å². The molecule has 0 spiro atoms. The van der Waals surface area contributed by atoms with Crippen LogP contribution in [0.25, 0.3) is 11.1 Å². The van der Waals surface area contributed by atoms with Gasteiger partial charge in [-0.1, -0.05) is 12.1 Å². The summed E-state index contributed by atoms with van der Waals surface area (Å²) in [6.45, 7) is 0. The van der Waals surface area contributed by atoms with E-state index in [-0.39, 0.29) is 0 Å². The fourth-order valence-electron chi connectivity index (χ4n) is 1.59. The summed E-state index contributed by atoms with van der Waals surface area (Å²) in [5.41, 5.74) is 2.21. The normalized spacial score (nSPS) is 11.3. The molecule has 17 heavy (non-hydrogen) atoms. The topological polar surface area (TPSA) is 83.3 Å². The van der Waals surface area contributed by atoms with Gasteiger partial charge in [-0.25, -0.2) is 9.59 Å². The van der Waals surface area contributed by atoms with Crippen LogP contribution in [0.1, 0.15) is 12.0 Å². The maximum atomic E-state index is 10.9. The van der Waals surface area contributed by atoms with E-state index >= 15 is 0 Å². The number of oxazole rings is 1. The van der Waals surface area contributed by atoms with Gasteiger partial charge in [0.2, 0.25) is 0 Å². The number of nitrogens with one attached hydrogen (secondary N) is 1. The van der Waals surface area contributed by atoms with Crippen molar-refractivity contribution in [2.24, 2.45) is 0 Å². The number of allylic oxidation sites excluding steroid dienone is 1. The van der Waals surface area contributed by atoms with Crippen molar-refractivity contribution in [2.45, 2.75) is 12.8 Å². The van der Waals surface area contributed by atoms with Crippen molar-refractivity contribution in [3.05, 3.63) is 46.5 Å². The summed E-state index contributed by atoms with van der Waals surface area (Å²) in [7, 11) is 0. The number of aliphatic carboxylic acids is 1. The second kappa shape index (κ2) is 4.69. The second-order valence-corrected chi connectivity index (χ2v) is 3.62. The van der Waals surface area contributed by atoms with Crippen molar-refractivity contribution in [1.82, 2.24) is 4.98 Å². The summed E-state index contributed by atoms with van der Waals surface area (Å²) in [5.74, 6) is -1.41. The lowest BCUT2D eigenvalue weighted by Crippen LogP contribution is -1.93. The van der Waals surface area contributed by atoms with Crippen LogP contribution in [-0.4, -0.2) is 16.1 Å². The number of aromatic amines is 1. The molecule has 0 atom stereocenters. The second-order valence-electron chi connectivity index (χ2n) is 3.62. The third-order valence-electron chi connectivity index (χ3n) is 2.34. The fourth-order valence-corrected chi connectivity index (χ4v) is 1.59. The molecule has 5 heteroatoms. The Balaban J connectivity index is 2.09. The first-order valence-electron chi connectivity index (χ1n) is 5.16. The number of carboxylic acids is 1. The monoisotopic (exact) mass is 233 g/mol. The minimum Gasteiger partial charge on any atom is -0.478 e. The summed E-state index contributed by atoms with van der Waals surface area (Å²) in [5, 5.41) is 8.42. The van der Waals surface area contributed by atoms with E-state index in [1.807, 2.05) is 12.1 Å². The number of benzene rings is 1. The number of carbonyl (C=O) groups is 1. The molecule has 1 aromatic carbocycles. The van der Waals surface area contributed by atoms with Gasteiger partial charge in [-0.2, -0.15) is 0 Å². The van der Waals surface area contributed by atoms with Crippen LogP contribution in [0.15, 0.2) is 39.6 Å². The summed E-state index contributed by atoms with van der Waals surface area (Å²) in [6.07, 6.45) is 4.08. The zero-order valence-electron chi connectivity index (χ0n) is 8.97. The molecule has 0 aliphatic carbocycles. The highest BCUT2D eigenvalue weighted by molar-refractivity contribution is 5.79. The van der Waals surface area contributed by atoms with Gasteiger partial charge in [-0.3, -0.25) is 4.98 Å². The Bertz CT molecular complexity index is 621. The van der Waals surface area contributed by atoms with Crippen molar-refractivity contribution < 1.29 is 14.3 Å². The number of fused-ring (bicyclic) bond motifs is 1. The number of rotatable bonds is 4. The minimum atomic E-state index is -0.945. The van der Waals surface area contributed by atoms with Crippen molar-refractivity contribution in [3.63, 3.8) is 0 Å². The van der Waals surface area contributed by atoms with Gasteiger partial charge in [0, 0.05) is 6.08 Å². The minimum absolute atomic E-state index is 0.470. The molecule has 2 rings (SSSR count). The highest BCUT2D eigenvalue weighted by Crippen LogP contribution is 2.13. The van der Waals surface area contributed by atoms with Gasteiger partial charge in [0.15, 0.2) is 5.58 Å². The molecule has 5 nitrogen and oxygen atoms in total. The largest absolute Gasteiger partial charge is 0.478 e. The van der Waals surface area contributed by atoms with Crippen LogP contribution in [-0.2, 0) is 11.2 Å². The first-order chi connectivity index (χ1) is 8.15.